The number of likely N-dealkylation sites (N-methyl/N-ethyl adjacent to an activating group) is 1. The van der Waals surface area contributed by atoms with Gasteiger partial charge >= 0.3 is 0 Å². The number of halogens is 1. The molecule has 0 N–H and O–H groups in total. The number of benzene rings is 1. The number of carbonyl (C=O) groups excluding carboxylic acids is 1. The van der Waals surface area contributed by atoms with Gasteiger partial charge in [-0.2, -0.15) is 0 Å². The highest BCUT2D eigenvalue weighted by Crippen LogP contribution is 2.41. The van der Waals surface area contributed by atoms with Gasteiger partial charge in [-0.05, 0) is 62.1 Å². The van der Waals surface area contributed by atoms with Crippen LogP contribution in [0.25, 0.3) is 10.2 Å². The molecule has 5 rings (SSSR count). The zero-order valence-corrected chi connectivity index (χ0v) is 21.6. The Morgan fingerprint density at radius 3 is 2.40 bits per heavy atom. The van der Waals surface area contributed by atoms with Crippen LogP contribution in [0.4, 0.5) is 10.1 Å². The van der Waals surface area contributed by atoms with Crippen LogP contribution in [-0.4, -0.2) is 58.8 Å². The van der Waals surface area contributed by atoms with E-state index in [0.717, 1.165) is 42.6 Å². The Hall–Kier alpha value is -2.91. The maximum absolute atomic E-state index is 12.7. The van der Waals surface area contributed by atoms with Gasteiger partial charge in [-0.25, -0.2) is 4.39 Å². The number of hydrogen-bond acceptors (Lipinski definition) is 6. The topological polar surface area (TPSA) is 79.6 Å². The zero-order valence-electron chi connectivity index (χ0n) is 20.8. The normalized spacial score (nSPS) is 16.0. The summed E-state index contributed by atoms with van der Waals surface area (Å²) in [5.41, 5.74) is 2.59. The second-order valence-electron chi connectivity index (χ2n) is 8.64. The van der Waals surface area contributed by atoms with Gasteiger partial charge in [0, 0.05) is 38.4 Å². The van der Waals surface area contributed by atoms with Gasteiger partial charge in [-0.3, -0.25) is 19.9 Å². The first kappa shape index (κ1) is 26.7. The third-order valence-corrected chi connectivity index (χ3v) is 7.52. The van der Waals surface area contributed by atoms with Gasteiger partial charge in [-0.15, -0.1) is 11.3 Å². The zero-order chi connectivity index (χ0) is 25.5. The largest absolute Gasteiger partial charge is 0.335 e. The fraction of sp³-hybridized carbons (Fsp3) is 0.462. The van der Waals surface area contributed by atoms with E-state index in [1.165, 1.54) is 41.7 Å². The number of piperazine rings is 1. The summed E-state index contributed by atoms with van der Waals surface area (Å²) in [5.74, 6) is 0.311. The maximum Gasteiger partial charge on any atom is 0.272 e. The van der Waals surface area contributed by atoms with Gasteiger partial charge in [0.25, 0.3) is 11.6 Å². The molecule has 3 aromatic rings. The van der Waals surface area contributed by atoms with Gasteiger partial charge in [0.1, 0.15) is 5.82 Å². The third-order valence-electron chi connectivity index (χ3n) is 6.35. The fourth-order valence-corrected chi connectivity index (χ4v) is 5.14. The standard InChI is InChI=1S/C17H21N3OS.C7H6FNO2.C2H6/c1-19-7-9-20(10-8-19)17(21)15-11-14-16(22-15)13(5-6-18-14)12-3-2-4-12;1-5-2-3-6(9(10)11)4-7(5)8;1-2/h5-6,11-12H,2-4,7-10H2,1H3;2-4H,1H3;1-2H3. The van der Waals surface area contributed by atoms with E-state index in [2.05, 4.69) is 23.0 Å². The van der Waals surface area contributed by atoms with Crippen LogP contribution in [0.3, 0.4) is 0 Å². The Kier molecular flexibility index (Phi) is 9.28. The lowest BCUT2D eigenvalue weighted by molar-refractivity contribution is -0.385. The second kappa shape index (κ2) is 12.2. The number of thiophene rings is 1. The van der Waals surface area contributed by atoms with Crippen LogP contribution in [0.5, 0.6) is 0 Å². The number of amides is 1. The fourth-order valence-electron chi connectivity index (χ4n) is 3.96. The Balaban J connectivity index is 0.000000223. The number of aryl methyl sites for hydroxylation is 1. The van der Waals surface area contributed by atoms with Gasteiger partial charge in [0.15, 0.2) is 0 Å². The Bertz CT molecular complexity index is 1170. The highest BCUT2D eigenvalue weighted by molar-refractivity contribution is 7.21. The van der Waals surface area contributed by atoms with Crippen molar-refractivity contribution in [3.05, 3.63) is 68.5 Å². The van der Waals surface area contributed by atoms with Crippen molar-refractivity contribution in [2.45, 2.75) is 46.0 Å². The summed E-state index contributed by atoms with van der Waals surface area (Å²) in [4.78, 5) is 31.8. The molecule has 1 amide bonds. The second-order valence-corrected chi connectivity index (χ2v) is 9.69. The van der Waals surface area contributed by atoms with Crippen molar-refractivity contribution in [1.82, 2.24) is 14.8 Å². The van der Waals surface area contributed by atoms with Crippen LogP contribution >= 0.6 is 11.3 Å². The van der Waals surface area contributed by atoms with E-state index in [-0.39, 0.29) is 11.6 Å². The van der Waals surface area contributed by atoms with Gasteiger partial charge in [-0.1, -0.05) is 20.3 Å². The average molecular weight is 501 g/mol. The van der Waals surface area contributed by atoms with E-state index in [4.69, 9.17) is 0 Å². The van der Waals surface area contributed by atoms with Crippen LogP contribution in [0.2, 0.25) is 0 Å². The minimum atomic E-state index is -0.622. The molecule has 9 heteroatoms. The molecule has 0 unspecified atom stereocenters. The Morgan fingerprint density at radius 1 is 1.14 bits per heavy atom. The number of nitro benzene ring substituents is 1. The first-order valence-electron chi connectivity index (χ1n) is 12.1. The van der Waals surface area contributed by atoms with Crippen molar-refractivity contribution >= 4 is 33.1 Å². The molecule has 3 heterocycles. The number of pyridine rings is 1. The van der Waals surface area contributed by atoms with Crippen molar-refractivity contribution in [1.29, 1.82) is 0 Å². The van der Waals surface area contributed by atoms with Gasteiger partial charge in [0.05, 0.1) is 26.1 Å². The lowest BCUT2D eigenvalue weighted by atomic mass is 9.80. The number of non-ortho nitro benzene ring substituents is 1. The molecule has 1 aliphatic heterocycles. The summed E-state index contributed by atoms with van der Waals surface area (Å²) < 4.78 is 13.9. The third kappa shape index (κ3) is 6.41. The number of nitrogens with zero attached hydrogens (tertiary/aromatic N) is 4. The number of aromatic nitrogens is 1. The molecule has 35 heavy (non-hydrogen) atoms. The number of rotatable bonds is 3. The molecule has 1 aromatic carbocycles. The van der Waals surface area contributed by atoms with Crippen molar-refractivity contribution in [2.24, 2.45) is 0 Å². The van der Waals surface area contributed by atoms with E-state index in [0.29, 0.717) is 11.5 Å². The van der Waals surface area contributed by atoms with E-state index >= 15 is 0 Å². The molecule has 1 saturated heterocycles. The minimum Gasteiger partial charge on any atom is -0.335 e. The smallest absolute Gasteiger partial charge is 0.272 e. The molecule has 1 saturated carbocycles. The number of nitro groups is 1. The van der Waals surface area contributed by atoms with Crippen molar-refractivity contribution < 1.29 is 14.1 Å². The number of fused-ring (bicyclic) bond motifs is 1. The molecular formula is C26H33FN4O3S. The summed E-state index contributed by atoms with van der Waals surface area (Å²) >= 11 is 1.64. The molecular weight excluding hydrogens is 467 g/mol. The van der Waals surface area contributed by atoms with Gasteiger partial charge in [0.2, 0.25) is 0 Å². The molecule has 2 aromatic heterocycles. The van der Waals surface area contributed by atoms with Crippen LogP contribution in [-0.2, 0) is 0 Å². The molecule has 1 aliphatic carbocycles. The predicted molar refractivity (Wildman–Crippen MR) is 139 cm³/mol. The first-order valence-corrected chi connectivity index (χ1v) is 12.9. The van der Waals surface area contributed by atoms with Crippen LogP contribution < -0.4 is 0 Å². The molecule has 2 aliphatic rings. The van der Waals surface area contributed by atoms with E-state index < -0.39 is 10.7 Å². The average Bonchev–Trinajstić information content (AvgIpc) is 3.27. The molecule has 0 atom stereocenters. The lowest BCUT2D eigenvalue weighted by Gasteiger charge is -2.32. The Labute approximate surface area is 209 Å². The summed E-state index contributed by atoms with van der Waals surface area (Å²) in [6.45, 7) is 9.13. The minimum absolute atomic E-state index is 0.177. The van der Waals surface area contributed by atoms with Crippen molar-refractivity contribution in [3.63, 3.8) is 0 Å². The van der Waals surface area contributed by atoms with E-state index in [9.17, 15) is 19.3 Å². The molecule has 7 nitrogen and oxygen atoms in total. The number of hydrogen-bond donors (Lipinski definition) is 0. The summed E-state index contributed by atoms with van der Waals surface area (Å²) in [6.07, 6.45) is 5.78. The molecule has 2 fully saturated rings. The quantitative estimate of drug-likeness (QED) is 0.325. The summed E-state index contributed by atoms with van der Waals surface area (Å²) in [5, 5.41) is 10.1. The monoisotopic (exact) mass is 500 g/mol. The van der Waals surface area contributed by atoms with Crippen LogP contribution in [0.1, 0.15) is 59.8 Å². The molecule has 0 radical (unpaired) electrons. The highest BCUT2D eigenvalue weighted by atomic mass is 32.1. The summed E-state index contributed by atoms with van der Waals surface area (Å²) in [6, 6.07) is 7.71. The predicted octanol–water partition coefficient (Wildman–Crippen LogP) is 6.02. The van der Waals surface area contributed by atoms with Crippen LogP contribution in [0, 0.1) is 22.9 Å². The summed E-state index contributed by atoms with van der Waals surface area (Å²) in [7, 11) is 2.11. The van der Waals surface area contributed by atoms with E-state index in [1.807, 2.05) is 31.0 Å². The maximum atomic E-state index is 12.7. The van der Waals surface area contributed by atoms with E-state index in [1.54, 1.807) is 18.3 Å². The molecule has 188 valence electrons. The highest BCUT2D eigenvalue weighted by Gasteiger charge is 2.25. The van der Waals surface area contributed by atoms with Crippen LogP contribution in [0.15, 0.2) is 36.5 Å². The molecule has 0 spiro atoms. The van der Waals surface area contributed by atoms with Gasteiger partial charge < -0.3 is 9.80 Å². The molecule has 0 bridgehead atoms. The first-order chi connectivity index (χ1) is 16.8. The van der Waals surface area contributed by atoms with Crippen molar-refractivity contribution in [2.75, 3.05) is 33.2 Å². The van der Waals surface area contributed by atoms with Crippen molar-refractivity contribution in [3.8, 4) is 0 Å². The lowest BCUT2D eigenvalue weighted by Crippen LogP contribution is -2.46. The SMILES string of the molecule is CC.CN1CCN(C(=O)c2cc3nccc(C4CCC4)c3s2)CC1.Cc1ccc([N+](=O)[O-])cc1F. The Morgan fingerprint density at radius 2 is 1.83 bits per heavy atom. The number of carbonyl (C=O) groups is 1.